The van der Waals surface area contributed by atoms with Gasteiger partial charge in [0.2, 0.25) is 0 Å². The minimum absolute atomic E-state index is 0.0171. The van der Waals surface area contributed by atoms with E-state index in [1.165, 1.54) is 0 Å². The summed E-state index contributed by atoms with van der Waals surface area (Å²) in [5.74, 6) is -2.56. The van der Waals surface area contributed by atoms with E-state index in [0.29, 0.717) is 0 Å². The topological polar surface area (TPSA) is 146 Å². The molecule has 0 aromatic carbocycles. The predicted molar refractivity (Wildman–Crippen MR) is 73.3 cm³/mol. The molecule has 5 N–H and O–H groups in total. The van der Waals surface area contributed by atoms with Gasteiger partial charge in [0.25, 0.3) is 0 Å². The molecule has 22 heavy (non-hydrogen) atoms. The summed E-state index contributed by atoms with van der Waals surface area (Å²) in [4.78, 5) is 29.6. The van der Waals surface area contributed by atoms with Crippen molar-refractivity contribution in [1.29, 1.82) is 0 Å². The second-order valence-corrected chi connectivity index (χ2v) is 4.45. The van der Waals surface area contributed by atoms with Gasteiger partial charge >= 0.3 is 17.8 Å². The fraction of sp³-hybridized carbons (Fsp3) is 0.500. The lowest BCUT2D eigenvalue weighted by Gasteiger charge is -2.36. The molecule has 0 fully saturated rings. The Balaban J connectivity index is 5.18. The molecule has 0 bridgehead atoms. The van der Waals surface area contributed by atoms with Gasteiger partial charge in [-0.2, -0.15) is 5.26 Å². The zero-order chi connectivity index (χ0) is 17.2. The van der Waals surface area contributed by atoms with Crippen LogP contribution in [0.15, 0.2) is 24.7 Å². The lowest BCUT2D eigenvalue weighted by molar-refractivity contribution is -0.870. The third-order valence-corrected chi connectivity index (χ3v) is 3.02. The molecule has 10 nitrogen and oxygen atoms in total. The maximum Gasteiger partial charge on any atom is 0.360 e. The highest BCUT2D eigenvalue weighted by Crippen LogP contribution is 2.26. The molecule has 0 saturated carbocycles. The highest BCUT2D eigenvalue weighted by molar-refractivity contribution is 5.69. The number of nitrogens with zero attached hydrogens (tertiary/aromatic N) is 1. The van der Waals surface area contributed by atoms with Gasteiger partial charge in [0.15, 0.2) is 6.54 Å². The van der Waals surface area contributed by atoms with Crippen molar-refractivity contribution in [1.82, 2.24) is 5.32 Å². The van der Waals surface area contributed by atoms with Crippen LogP contribution in [-0.4, -0.2) is 69.9 Å². The van der Waals surface area contributed by atoms with E-state index in [2.05, 4.69) is 28.2 Å². The van der Waals surface area contributed by atoms with Crippen molar-refractivity contribution in [3.8, 4) is 0 Å². The Morgan fingerprint density at radius 1 is 1.14 bits per heavy atom. The molecule has 0 aliphatic carbocycles. The van der Waals surface area contributed by atoms with Gasteiger partial charge in [-0.1, -0.05) is 0 Å². The van der Waals surface area contributed by atoms with Crippen LogP contribution in [-0.2, 0) is 19.4 Å². The van der Waals surface area contributed by atoms with Crippen molar-refractivity contribution in [3.63, 3.8) is 0 Å². The van der Waals surface area contributed by atoms with E-state index < -0.39 is 23.0 Å². The number of rotatable bonds is 13. The summed E-state index contributed by atoms with van der Waals surface area (Å²) < 4.78 is -0.540. The maximum absolute atomic E-state index is 11.1. The van der Waals surface area contributed by atoms with Gasteiger partial charge in [-0.05, 0) is 6.58 Å². The minimum Gasteiger partial charge on any atom is -0.480 e. The van der Waals surface area contributed by atoms with E-state index in [-0.39, 0.29) is 44.2 Å². The van der Waals surface area contributed by atoms with Gasteiger partial charge in [0.1, 0.15) is 12.2 Å². The summed E-state index contributed by atoms with van der Waals surface area (Å²) in [6.45, 7) is 6.33. The molecule has 0 radical (unpaired) electrons. The third kappa shape index (κ3) is 6.20. The molecule has 0 aliphatic heterocycles. The first kappa shape index (κ1) is 20.0. The molecule has 1 atom stereocenters. The van der Waals surface area contributed by atoms with Crippen LogP contribution in [0, 0.1) is 0 Å². The lowest BCUT2D eigenvalue weighted by atomic mass is 10.2. The largest absolute Gasteiger partial charge is 0.480 e. The first-order valence-electron chi connectivity index (χ1n) is 6.27. The SMILES string of the molecule is C=C(CCOO)[N+](CCNCC(=O)O)(CC(=O)O)C(=C)OO. The highest BCUT2D eigenvalue weighted by atomic mass is 17.1. The fourth-order valence-corrected chi connectivity index (χ4v) is 1.89. The zero-order valence-corrected chi connectivity index (χ0v) is 12.0. The predicted octanol–water partition coefficient (Wildman–Crippen LogP) is -0.0838. The van der Waals surface area contributed by atoms with Crippen molar-refractivity contribution in [2.75, 3.05) is 32.8 Å². The molecule has 0 amide bonds. The molecular weight excluding hydrogens is 300 g/mol. The van der Waals surface area contributed by atoms with Gasteiger partial charge in [-0.15, -0.1) is 0 Å². The Morgan fingerprint density at radius 3 is 2.23 bits per heavy atom. The van der Waals surface area contributed by atoms with Crippen LogP contribution in [0.3, 0.4) is 0 Å². The number of carboxylic acids is 2. The Labute approximate surface area is 126 Å². The second kappa shape index (κ2) is 9.87. The standard InChI is InChI=1S/C12H20N2O8/c1-9(3-6-21-19)14(8-12(17)18,10(2)22-20)5-4-13-7-11(15)16/h13H,1-8H2,(H3-,15,16,17,18,19,20)/p+1. The van der Waals surface area contributed by atoms with Crippen LogP contribution < -0.4 is 5.32 Å². The molecule has 0 spiro atoms. The lowest BCUT2D eigenvalue weighted by Crippen LogP contribution is -2.53. The van der Waals surface area contributed by atoms with Crippen molar-refractivity contribution in [2.24, 2.45) is 0 Å². The number of hydrogen-bond donors (Lipinski definition) is 5. The first-order valence-corrected chi connectivity index (χ1v) is 6.27. The van der Waals surface area contributed by atoms with Gasteiger partial charge < -0.3 is 15.5 Å². The maximum atomic E-state index is 11.1. The summed E-state index contributed by atoms with van der Waals surface area (Å²) in [6, 6.07) is 0. The van der Waals surface area contributed by atoms with Crippen molar-refractivity contribution in [2.45, 2.75) is 6.42 Å². The molecule has 0 rings (SSSR count). The third-order valence-electron chi connectivity index (χ3n) is 3.02. The summed E-state index contributed by atoms with van der Waals surface area (Å²) in [5.41, 5.74) is 0.257. The van der Waals surface area contributed by atoms with Crippen LogP contribution >= 0.6 is 0 Å². The van der Waals surface area contributed by atoms with Crippen molar-refractivity contribution in [3.05, 3.63) is 24.7 Å². The van der Waals surface area contributed by atoms with Crippen LogP contribution in [0.5, 0.6) is 0 Å². The normalized spacial score (nSPS) is 13.2. The van der Waals surface area contributed by atoms with E-state index in [0.717, 1.165) is 0 Å². The van der Waals surface area contributed by atoms with Gasteiger partial charge in [0.05, 0.1) is 13.2 Å². The van der Waals surface area contributed by atoms with E-state index in [9.17, 15) is 9.59 Å². The van der Waals surface area contributed by atoms with E-state index in [1.54, 1.807) is 0 Å². The number of carboxylic acid groups (broad SMARTS) is 2. The average molecular weight is 321 g/mol. The summed E-state index contributed by atoms with van der Waals surface area (Å²) >= 11 is 0. The molecule has 0 aliphatic rings. The van der Waals surface area contributed by atoms with Gasteiger partial charge in [-0.3, -0.25) is 14.9 Å². The smallest absolute Gasteiger partial charge is 0.360 e. The number of carbonyl (C=O) groups is 2. The number of nitrogens with one attached hydrogen (secondary N) is 1. The number of aliphatic carboxylic acids is 2. The Kier molecular flexibility index (Phi) is 8.98. The van der Waals surface area contributed by atoms with Crippen molar-refractivity contribution < 1.29 is 44.6 Å². The highest BCUT2D eigenvalue weighted by Gasteiger charge is 2.39. The minimum atomic E-state index is -1.21. The van der Waals surface area contributed by atoms with E-state index >= 15 is 0 Å². The van der Waals surface area contributed by atoms with Crippen LogP contribution in [0.1, 0.15) is 6.42 Å². The van der Waals surface area contributed by atoms with E-state index in [4.69, 9.17) is 20.7 Å². The Bertz CT molecular complexity index is 425. The molecule has 0 heterocycles. The quantitative estimate of drug-likeness (QED) is 0.103. The number of hydrogen-bond acceptors (Lipinski definition) is 7. The van der Waals surface area contributed by atoms with Gasteiger partial charge in [0, 0.05) is 19.5 Å². The monoisotopic (exact) mass is 321 g/mol. The molecule has 1 unspecified atom stereocenters. The van der Waals surface area contributed by atoms with E-state index in [1.807, 2.05) is 0 Å². The molecule has 0 saturated heterocycles. The molecule has 126 valence electrons. The van der Waals surface area contributed by atoms with Crippen molar-refractivity contribution >= 4 is 11.9 Å². The Hall–Kier alpha value is -1.98. The second-order valence-electron chi connectivity index (χ2n) is 4.45. The summed E-state index contributed by atoms with van der Waals surface area (Å²) in [7, 11) is 0. The van der Waals surface area contributed by atoms with Gasteiger partial charge in [-0.25, -0.2) is 14.2 Å². The molecule has 0 aromatic heterocycles. The number of quaternary nitrogens is 1. The van der Waals surface area contributed by atoms with Crippen LogP contribution in [0.25, 0.3) is 0 Å². The Morgan fingerprint density at radius 2 is 1.77 bits per heavy atom. The molecular formula is C12H21N2O8+. The zero-order valence-electron chi connectivity index (χ0n) is 12.0. The molecule has 0 aromatic rings. The molecule has 10 heteroatoms. The van der Waals surface area contributed by atoms with Crippen LogP contribution in [0.4, 0.5) is 0 Å². The summed E-state index contributed by atoms with van der Waals surface area (Å²) in [5, 5.41) is 37.5. The average Bonchev–Trinajstić information content (AvgIpc) is 2.46. The van der Waals surface area contributed by atoms with Crippen LogP contribution in [0.2, 0.25) is 0 Å². The summed E-state index contributed by atoms with van der Waals surface area (Å²) in [6.07, 6.45) is 0.0745. The first-order chi connectivity index (χ1) is 10.3. The fourth-order valence-electron chi connectivity index (χ4n) is 1.89.